The van der Waals surface area contributed by atoms with Gasteiger partial charge in [-0.2, -0.15) is 0 Å². The second kappa shape index (κ2) is 5.75. The zero-order valence-corrected chi connectivity index (χ0v) is 12.2. The van der Waals surface area contributed by atoms with Gasteiger partial charge in [0, 0.05) is 11.5 Å². The van der Waals surface area contributed by atoms with Crippen molar-refractivity contribution in [1.82, 2.24) is 4.98 Å². The van der Waals surface area contributed by atoms with Crippen LogP contribution >= 0.6 is 27.7 Å². The maximum atomic E-state index is 13.1. The molecule has 1 aromatic carbocycles. The molecule has 1 heterocycles. The molecule has 0 spiro atoms. The fourth-order valence-electron chi connectivity index (χ4n) is 1.48. The molecule has 2 rings (SSSR count). The van der Waals surface area contributed by atoms with Crippen LogP contribution in [0.3, 0.4) is 0 Å². The van der Waals surface area contributed by atoms with Gasteiger partial charge < -0.3 is 9.84 Å². The van der Waals surface area contributed by atoms with Gasteiger partial charge in [-0.05, 0) is 40.4 Å². The van der Waals surface area contributed by atoms with E-state index in [1.165, 1.54) is 12.1 Å². The zero-order valence-electron chi connectivity index (χ0n) is 9.76. The van der Waals surface area contributed by atoms with Crippen molar-refractivity contribution >= 4 is 44.6 Å². The first-order valence-corrected chi connectivity index (χ1v) is 7.27. The molecule has 1 N–H and O–H groups in total. The minimum atomic E-state index is -1.10. The largest absolute Gasteiger partial charge is 0.478 e. The molecule has 0 saturated carbocycles. The van der Waals surface area contributed by atoms with Crippen molar-refractivity contribution in [2.75, 3.05) is 6.26 Å². The summed E-state index contributed by atoms with van der Waals surface area (Å²) in [4.78, 5) is 15.0. The molecular formula is C12H9BrFNO3S. The Morgan fingerprint density at radius 3 is 2.89 bits per heavy atom. The molecule has 0 aliphatic carbocycles. The number of carboxylic acid groups (broad SMARTS) is 1. The van der Waals surface area contributed by atoms with E-state index in [2.05, 4.69) is 20.9 Å². The summed E-state index contributed by atoms with van der Waals surface area (Å²) < 4.78 is 18.9. The Morgan fingerprint density at radius 2 is 2.26 bits per heavy atom. The summed E-state index contributed by atoms with van der Waals surface area (Å²) in [5, 5.41) is 9.67. The zero-order chi connectivity index (χ0) is 14.0. The fourth-order valence-corrected chi connectivity index (χ4v) is 2.30. The van der Waals surface area contributed by atoms with Gasteiger partial charge in [-0.1, -0.05) is 0 Å². The number of pyridine rings is 1. The molecule has 19 heavy (non-hydrogen) atoms. The third kappa shape index (κ3) is 3.16. The summed E-state index contributed by atoms with van der Waals surface area (Å²) >= 11 is 4.29. The molecule has 1 atom stereocenters. The van der Waals surface area contributed by atoms with E-state index in [0.29, 0.717) is 9.99 Å². The molecule has 0 bridgehead atoms. The Morgan fingerprint density at radius 1 is 1.53 bits per heavy atom. The van der Waals surface area contributed by atoms with Crippen LogP contribution in [0.15, 0.2) is 28.7 Å². The lowest BCUT2D eigenvalue weighted by Crippen LogP contribution is -2.23. The van der Waals surface area contributed by atoms with E-state index in [1.54, 1.807) is 18.4 Å². The predicted molar refractivity (Wildman–Crippen MR) is 75.0 cm³/mol. The number of halogens is 2. The molecule has 0 saturated heterocycles. The Hall–Kier alpha value is -1.34. The molecule has 0 amide bonds. The van der Waals surface area contributed by atoms with E-state index in [-0.39, 0.29) is 5.88 Å². The number of carbonyl (C=O) groups is 1. The van der Waals surface area contributed by atoms with Crippen LogP contribution in [0.4, 0.5) is 4.39 Å². The van der Waals surface area contributed by atoms with Crippen LogP contribution in [0.5, 0.6) is 5.88 Å². The number of fused-ring (bicyclic) bond motifs is 1. The standard InChI is InChI=1S/C12H9BrFNO3S/c1-19-12(11(16)17)18-10-8(13)4-6-2-3-7(14)5-9(6)15-10/h2-5,12H,1H3,(H,16,17). The van der Waals surface area contributed by atoms with Crippen molar-refractivity contribution in [3.05, 3.63) is 34.6 Å². The summed E-state index contributed by atoms with van der Waals surface area (Å²) in [6, 6.07) is 5.90. The summed E-state index contributed by atoms with van der Waals surface area (Å²) in [5.74, 6) is -1.38. The van der Waals surface area contributed by atoms with Gasteiger partial charge in [-0.25, -0.2) is 14.2 Å². The van der Waals surface area contributed by atoms with Gasteiger partial charge >= 0.3 is 5.97 Å². The van der Waals surface area contributed by atoms with Crippen LogP contribution in [0, 0.1) is 5.82 Å². The summed E-state index contributed by atoms with van der Waals surface area (Å²) in [6.45, 7) is 0. The molecule has 2 aromatic rings. The number of nitrogens with zero attached hydrogens (tertiary/aromatic N) is 1. The number of rotatable bonds is 4. The number of hydrogen-bond donors (Lipinski definition) is 1. The Bertz CT molecular complexity index is 638. The molecule has 0 radical (unpaired) electrons. The number of hydrogen-bond acceptors (Lipinski definition) is 4. The molecule has 4 nitrogen and oxygen atoms in total. The van der Waals surface area contributed by atoms with Gasteiger partial charge in [0.15, 0.2) is 0 Å². The molecule has 0 aliphatic heterocycles. The fraction of sp³-hybridized carbons (Fsp3) is 0.167. The number of thioether (sulfide) groups is 1. The van der Waals surface area contributed by atoms with Crippen LogP contribution in [-0.2, 0) is 4.79 Å². The molecule has 1 aromatic heterocycles. The van der Waals surface area contributed by atoms with E-state index in [0.717, 1.165) is 17.1 Å². The Kier molecular flexibility index (Phi) is 4.26. The van der Waals surface area contributed by atoms with Gasteiger partial charge in [0.2, 0.25) is 11.3 Å². The highest BCUT2D eigenvalue weighted by Crippen LogP contribution is 2.29. The van der Waals surface area contributed by atoms with Gasteiger partial charge in [0.05, 0.1) is 9.99 Å². The van der Waals surface area contributed by atoms with E-state index in [9.17, 15) is 9.18 Å². The Balaban J connectivity index is 2.42. The van der Waals surface area contributed by atoms with Crippen molar-refractivity contribution in [2.45, 2.75) is 5.44 Å². The third-order valence-electron chi connectivity index (χ3n) is 2.34. The van der Waals surface area contributed by atoms with Gasteiger partial charge in [0.25, 0.3) is 0 Å². The SMILES string of the molecule is CSC(Oc1nc2cc(F)ccc2cc1Br)C(=O)O. The second-order valence-electron chi connectivity index (χ2n) is 3.64. The van der Waals surface area contributed by atoms with Crippen molar-refractivity contribution in [3.63, 3.8) is 0 Å². The lowest BCUT2D eigenvalue weighted by atomic mass is 10.2. The van der Waals surface area contributed by atoms with Crippen molar-refractivity contribution in [1.29, 1.82) is 0 Å². The highest BCUT2D eigenvalue weighted by atomic mass is 79.9. The molecule has 0 aliphatic rings. The second-order valence-corrected chi connectivity index (χ2v) is 5.39. The Labute approximate surface area is 121 Å². The number of aliphatic carboxylic acids is 1. The molecule has 1 unspecified atom stereocenters. The summed E-state index contributed by atoms with van der Waals surface area (Å²) in [5.41, 5.74) is -0.654. The first-order valence-electron chi connectivity index (χ1n) is 5.19. The number of carboxylic acids is 1. The van der Waals surface area contributed by atoms with Crippen LogP contribution in [0.1, 0.15) is 0 Å². The lowest BCUT2D eigenvalue weighted by Gasteiger charge is -2.13. The van der Waals surface area contributed by atoms with Crippen molar-refractivity contribution in [2.24, 2.45) is 0 Å². The maximum absolute atomic E-state index is 13.1. The van der Waals surface area contributed by atoms with Crippen LogP contribution in [0.25, 0.3) is 10.9 Å². The minimum absolute atomic E-state index is 0.125. The minimum Gasteiger partial charge on any atom is -0.478 e. The monoisotopic (exact) mass is 345 g/mol. The quantitative estimate of drug-likeness (QED) is 0.861. The molecule has 0 fully saturated rings. The van der Waals surface area contributed by atoms with Gasteiger partial charge in [-0.15, -0.1) is 11.8 Å². The normalized spacial score (nSPS) is 12.4. The predicted octanol–water partition coefficient (Wildman–Crippen LogP) is 3.29. The number of benzene rings is 1. The highest BCUT2D eigenvalue weighted by Gasteiger charge is 2.20. The van der Waals surface area contributed by atoms with Crippen LogP contribution in [-0.4, -0.2) is 27.8 Å². The summed E-state index contributed by atoms with van der Waals surface area (Å²) in [6.07, 6.45) is 1.62. The van der Waals surface area contributed by atoms with Crippen molar-refractivity contribution < 1.29 is 19.0 Å². The first kappa shape index (κ1) is 14.1. The van der Waals surface area contributed by atoms with Crippen molar-refractivity contribution in [3.8, 4) is 5.88 Å². The van der Waals surface area contributed by atoms with Crippen LogP contribution in [0.2, 0.25) is 0 Å². The number of aromatic nitrogens is 1. The topological polar surface area (TPSA) is 59.4 Å². The molecule has 7 heteroatoms. The third-order valence-corrected chi connectivity index (χ3v) is 3.63. The molecular weight excluding hydrogens is 337 g/mol. The number of ether oxygens (including phenoxy) is 1. The smallest absolute Gasteiger partial charge is 0.355 e. The summed E-state index contributed by atoms with van der Waals surface area (Å²) in [7, 11) is 0. The first-order chi connectivity index (χ1) is 9.01. The highest BCUT2D eigenvalue weighted by molar-refractivity contribution is 9.10. The van der Waals surface area contributed by atoms with E-state index >= 15 is 0 Å². The van der Waals surface area contributed by atoms with Crippen LogP contribution < -0.4 is 4.74 Å². The lowest BCUT2D eigenvalue weighted by molar-refractivity contribution is -0.141. The molecule has 100 valence electrons. The van der Waals surface area contributed by atoms with Gasteiger partial charge in [-0.3, -0.25) is 0 Å². The average molecular weight is 346 g/mol. The van der Waals surface area contributed by atoms with E-state index in [1.807, 2.05) is 0 Å². The average Bonchev–Trinajstić information content (AvgIpc) is 2.36. The van der Waals surface area contributed by atoms with E-state index in [4.69, 9.17) is 9.84 Å². The maximum Gasteiger partial charge on any atom is 0.355 e. The van der Waals surface area contributed by atoms with E-state index < -0.39 is 17.2 Å². The van der Waals surface area contributed by atoms with Gasteiger partial charge in [0.1, 0.15) is 5.82 Å².